The molecule has 7 nitrogen and oxygen atoms in total. The van der Waals surface area contributed by atoms with Crippen LogP contribution in [0.4, 0.5) is 5.69 Å². The number of ether oxygens (including phenoxy) is 1. The van der Waals surface area contributed by atoms with E-state index in [9.17, 15) is 13.2 Å². The molecule has 2 aromatic rings. The van der Waals surface area contributed by atoms with Gasteiger partial charge in [-0.3, -0.25) is 4.79 Å². The Morgan fingerprint density at radius 3 is 2.34 bits per heavy atom. The van der Waals surface area contributed by atoms with Gasteiger partial charge in [0.25, 0.3) is 5.91 Å². The highest BCUT2D eigenvalue weighted by molar-refractivity contribution is 7.89. The number of nitrogens with zero attached hydrogens (tertiary/aromatic N) is 2. The Hall–Kier alpha value is -2.58. The number of nitrogens with one attached hydrogen (secondary N) is 1. The summed E-state index contributed by atoms with van der Waals surface area (Å²) in [6, 6.07) is 14.7. The van der Waals surface area contributed by atoms with Crippen molar-refractivity contribution in [2.45, 2.75) is 18.7 Å². The van der Waals surface area contributed by atoms with Gasteiger partial charge in [0.15, 0.2) is 0 Å². The van der Waals surface area contributed by atoms with Gasteiger partial charge in [0.2, 0.25) is 10.0 Å². The van der Waals surface area contributed by atoms with Crippen LogP contribution >= 0.6 is 0 Å². The van der Waals surface area contributed by atoms with Gasteiger partial charge in [-0.1, -0.05) is 25.1 Å². The first kappa shape index (κ1) is 21.1. The second-order valence-corrected chi connectivity index (χ2v) is 8.45. The van der Waals surface area contributed by atoms with Gasteiger partial charge in [0, 0.05) is 44.0 Å². The molecular formula is C21H27N3O4S. The van der Waals surface area contributed by atoms with Crippen LogP contribution in [0.1, 0.15) is 24.2 Å². The molecule has 1 fully saturated rings. The summed E-state index contributed by atoms with van der Waals surface area (Å²) in [5.41, 5.74) is 1.48. The maximum absolute atomic E-state index is 13.0. The number of piperazine rings is 1. The lowest BCUT2D eigenvalue weighted by molar-refractivity contribution is 0.0746. The van der Waals surface area contributed by atoms with Crippen molar-refractivity contribution < 1.29 is 17.9 Å². The predicted molar refractivity (Wildman–Crippen MR) is 113 cm³/mol. The first-order valence-corrected chi connectivity index (χ1v) is 11.3. The SMILES string of the molecule is CCNS(=O)(=O)c1cc(C(=O)N2CCN(c3ccccc3)CC2)ccc1OCC. The van der Waals surface area contributed by atoms with E-state index in [-0.39, 0.29) is 23.1 Å². The molecule has 1 amide bonds. The summed E-state index contributed by atoms with van der Waals surface area (Å²) in [5.74, 6) is 0.0765. The van der Waals surface area contributed by atoms with E-state index in [2.05, 4.69) is 21.8 Å². The number of carbonyl (C=O) groups is 1. The zero-order valence-corrected chi connectivity index (χ0v) is 17.6. The molecule has 156 valence electrons. The third-order valence-corrected chi connectivity index (χ3v) is 6.37. The molecular weight excluding hydrogens is 390 g/mol. The minimum absolute atomic E-state index is 0.00466. The van der Waals surface area contributed by atoms with Crippen molar-refractivity contribution in [3.63, 3.8) is 0 Å². The molecule has 1 heterocycles. The molecule has 29 heavy (non-hydrogen) atoms. The summed E-state index contributed by atoms with van der Waals surface area (Å²) >= 11 is 0. The molecule has 0 radical (unpaired) electrons. The van der Waals surface area contributed by atoms with Crippen molar-refractivity contribution in [3.8, 4) is 5.75 Å². The summed E-state index contributed by atoms with van der Waals surface area (Å²) < 4.78 is 33.0. The zero-order chi connectivity index (χ0) is 20.9. The molecule has 0 bridgehead atoms. The van der Waals surface area contributed by atoms with Gasteiger partial charge >= 0.3 is 0 Å². The number of rotatable bonds is 7. The van der Waals surface area contributed by atoms with Gasteiger partial charge in [0.05, 0.1) is 6.61 Å². The van der Waals surface area contributed by atoms with E-state index in [4.69, 9.17) is 4.74 Å². The van der Waals surface area contributed by atoms with Gasteiger partial charge in [-0.25, -0.2) is 13.1 Å². The molecule has 0 aromatic heterocycles. The molecule has 0 atom stereocenters. The largest absolute Gasteiger partial charge is 0.492 e. The number of para-hydroxylation sites is 1. The Morgan fingerprint density at radius 2 is 1.72 bits per heavy atom. The molecule has 1 aliphatic rings. The second-order valence-electron chi connectivity index (χ2n) is 6.71. The van der Waals surface area contributed by atoms with E-state index in [0.717, 1.165) is 18.8 Å². The van der Waals surface area contributed by atoms with E-state index in [1.807, 2.05) is 18.2 Å². The zero-order valence-electron chi connectivity index (χ0n) is 16.8. The minimum Gasteiger partial charge on any atom is -0.492 e. The molecule has 0 saturated carbocycles. The topological polar surface area (TPSA) is 79.0 Å². The van der Waals surface area contributed by atoms with Crippen LogP contribution in [0.2, 0.25) is 0 Å². The average Bonchev–Trinajstić information content (AvgIpc) is 2.74. The molecule has 1 saturated heterocycles. The lowest BCUT2D eigenvalue weighted by atomic mass is 10.1. The van der Waals surface area contributed by atoms with E-state index < -0.39 is 10.0 Å². The van der Waals surface area contributed by atoms with Gasteiger partial charge in [-0.05, 0) is 37.3 Å². The third-order valence-electron chi connectivity index (χ3n) is 4.80. The first-order chi connectivity index (χ1) is 14.0. The van der Waals surface area contributed by atoms with Gasteiger partial charge in [-0.15, -0.1) is 0 Å². The summed E-state index contributed by atoms with van der Waals surface area (Å²) in [6.45, 7) is 6.71. The molecule has 1 N–H and O–H groups in total. The highest BCUT2D eigenvalue weighted by atomic mass is 32.2. The number of benzene rings is 2. The standard InChI is InChI=1S/C21H27N3O4S/c1-3-22-29(26,27)20-16-17(10-11-19(20)28-4-2)21(25)24-14-12-23(13-15-24)18-8-6-5-7-9-18/h5-11,16,22H,3-4,12-15H2,1-2H3. The lowest BCUT2D eigenvalue weighted by Gasteiger charge is -2.36. The highest BCUT2D eigenvalue weighted by Crippen LogP contribution is 2.26. The van der Waals surface area contributed by atoms with Crippen LogP contribution in [-0.4, -0.2) is 58.6 Å². The third kappa shape index (κ3) is 4.89. The second kappa shape index (κ2) is 9.28. The van der Waals surface area contributed by atoms with Crippen LogP contribution in [0.5, 0.6) is 5.75 Å². The van der Waals surface area contributed by atoms with Crippen molar-refractivity contribution in [2.24, 2.45) is 0 Å². The van der Waals surface area contributed by atoms with Gasteiger partial charge in [-0.2, -0.15) is 0 Å². The Morgan fingerprint density at radius 1 is 1.03 bits per heavy atom. The molecule has 8 heteroatoms. The van der Waals surface area contributed by atoms with E-state index in [1.165, 1.54) is 6.07 Å². The van der Waals surface area contributed by atoms with Crippen molar-refractivity contribution in [3.05, 3.63) is 54.1 Å². The van der Waals surface area contributed by atoms with E-state index in [0.29, 0.717) is 25.3 Å². The molecule has 3 rings (SSSR count). The smallest absolute Gasteiger partial charge is 0.254 e. The monoisotopic (exact) mass is 417 g/mol. The molecule has 0 unspecified atom stereocenters. The fourth-order valence-electron chi connectivity index (χ4n) is 3.38. The number of hydrogen-bond acceptors (Lipinski definition) is 5. The van der Waals surface area contributed by atoms with Gasteiger partial charge in [0.1, 0.15) is 10.6 Å². The molecule has 2 aromatic carbocycles. The Bertz CT molecular complexity index is 940. The molecule has 0 spiro atoms. The van der Waals surface area contributed by atoms with Crippen molar-refractivity contribution >= 4 is 21.6 Å². The number of carbonyl (C=O) groups excluding carboxylic acids is 1. The van der Waals surface area contributed by atoms with Crippen LogP contribution in [-0.2, 0) is 10.0 Å². The molecule has 0 aliphatic carbocycles. The quantitative estimate of drug-likeness (QED) is 0.748. The van der Waals surface area contributed by atoms with Gasteiger partial charge < -0.3 is 14.5 Å². The van der Waals surface area contributed by atoms with Crippen molar-refractivity contribution in [1.82, 2.24) is 9.62 Å². The van der Waals surface area contributed by atoms with Crippen LogP contribution in [0.15, 0.2) is 53.4 Å². The Kier molecular flexibility index (Phi) is 6.76. The fourth-order valence-corrected chi connectivity index (χ4v) is 4.59. The normalized spacial score (nSPS) is 14.7. The Balaban J connectivity index is 1.77. The average molecular weight is 418 g/mol. The maximum Gasteiger partial charge on any atom is 0.254 e. The van der Waals surface area contributed by atoms with Crippen LogP contribution in [0.25, 0.3) is 0 Å². The van der Waals surface area contributed by atoms with E-state index >= 15 is 0 Å². The summed E-state index contributed by atoms with van der Waals surface area (Å²) in [5, 5.41) is 0. The predicted octanol–water partition coefficient (Wildman–Crippen LogP) is 2.35. The van der Waals surface area contributed by atoms with E-state index in [1.54, 1.807) is 30.9 Å². The fraction of sp³-hybridized carbons (Fsp3) is 0.381. The lowest BCUT2D eigenvalue weighted by Crippen LogP contribution is -2.48. The van der Waals surface area contributed by atoms with Crippen molar-refractivity contribution in [1.29, 1.82) is 0 Å². The number of hydrogen-bond donors (Lipinski definition) is 1. The van der Waals surface area contributed by atoms with Crippen LogP contribution in [0, 0.1) is 0 Å². The van der Waals surface area contributed by atoms with Crippen LogP contribution in [0.3, 0.4) is 0 Å². The number of amides is 1. The summed E-state index contributed by atoms with van der Waals surface area (Å²) in [4.78, 5) is 17.0. The summed E-state index contributed by atoms with van der Waals surface area (Å²) in [7, 11) is -3.75. The molecule has 1 aliphatic heterocycles. The number of sulfonamides is 1. The summed E-state index contributed by atoms with van der Waals surface area (Å²) in [6.07, 6.45) is 0. The number of anilines is 1. The van der Waals surface area contributed by atoms with Crippen LogP contribution < -0.4 is 14.4 Å². The Labute approximate surface area is 172 Å². The van der Waals surface area contributed by atoms with Crippen molar-refractivity contribution in [2.75, 3.05) is 44.2 Å². The highest BCUT2D eigenvalue weighted by Gasteiger charge is 2.25. The first-order valence-electron chi connectivity index (χ1n) is 9.82. The maximum atomic E-state index is 13.0. The minimum atomic E-state index is -3.75.